The topological polar surface area (TPSA) is 64.8 Å². The number of nitrogens with zero attached hydrogens (tertiary/aromatic N) is 1. The molecule has 0 atom stereocenters. The maximum Gasteiger partial charge on any atom is 0.225 e. The second kappa shape index (κ2) is 8.22. The van der Waals surface area contributed by atoms with E-state index in [1.165, 1.54) is 5.57 Å². The van der Waals surface area contributed by atoms with E-state index in [9.17, 15) is 4.79 Å². The molecular formula is C12H22N2O3. The van der Waals surface area contributed by atoms with E-state index in [1.54, 1.807) is 7.11 Å². The molecule has 1 aliphatic rings. The van der Waals surface area contributed by atoms with Gasteiger partial charge in [0.15, 0.2) is 0 Å². The van der Waals surface area contributed by atoms with E-state index >= 15 is 0 Å². The van der Waals surface area contributed by atoms with E-state index in [1.807, 2.05) is 4.90 Å². The number of carbonyl (C=O) groups is 1. The maximum absolute atomic E-state index is 11.8. The van der Waals surface area contributed by atoms with Gasteiger partial charge in [-0.25, -0.2) is 0 Å². The predicted molar refractivity (Wildman–Crippen MR) is 65.6 cm³/mol. The Hall–Kier alpha value is -0.910. The smallest absolute Gasteiger partial charge is 0.225 e. The molecule has 1 aliphatic heterocycles. The third-order valence-corrected chi connectivity index (χ3v) is 2.71. The zero-order valence-corrected chi connectivity index (χ0v) is 10.5. The van der Waals surface area contributed by atoms with Crippen LogP contribution in [-0.4, -0.2) is 57.4 Å². The first-order chi connectivity index (χ1) is 8.27. The van der Waals surface area contributed by atoms with E-state index in [0.717, 1.165) is 13.0 Å². The molecule has 5 heteroatoms. The summed E-state index contributed by atoms with van der Waals surface area (Å²) in [5.74, 6) is 0.148. The highest BCUT2D eigenvalue weighted by molar-refractivity contribution is 5.76. The van der Waals surface area contributed by atoms with Crippen molar-refractivity contribution in [3.05, 3.63) is 11.6 Å². The van der Waals surface area contributed by atoms with E-state index in [4.69, 9.17) is 15.2 Å². The summed E-state index contributed by atoms with van der Waals surface area (Å²) >= 11 is 0. The molecule has 0 aromatic heterocycles. The highest BCUT2D eigenvalue weighted by Crippen LogP contribution is 2.11. The summed E-state index contributed by atoms with van der Waals surface area (Å²) in [5, 5.41) is 0. The van der Waals surface area contributed by atoms with Crippen LogP contribution >= 0.6 is 0 Å². The molecule has 0 saturated carbocycles. The van der Waals surface area contributed by atoms with Crippen molar-refractivity contribution in [1.29, 1.82) is 0 Å². The predicted octanol–water partition coefficient (Wildman–Crippen LogP) is 0.157. The molecule has 0 aromatic rings. The second-order valence-corrected chi connectivity index (χ2v) is 4.04. The van der Waals surface area contributed by atoms with Crippen LogP contribution in [0.25, 0.3) is 0 Å². The van der Waals surface area contributed by atoms with Crippen LogP contribution < -0.4 is 5.73 Å². The Morgan fingerprint density at radius 3 is 2.94 bits per heavy atom. The Labute approximate surface area is 103 Å². The molecule has 0 fully saturated rings. The summed E-state index contributed by atoms with van der Waals surface area (Å²) in [6.45, 7) is 3.62. The summed E-state index contributed by atoms with van der Waals surface area (Å²) in [5.41, 5.74) is 6.57. The highest BCUT2D eigenvalue weighted by atomic mass is 16.5. The molecule has 1 heterocycles. The standard InChI is InChI=1S/C12H22N2O3/c1-16-10-11-2-6-14(7-3-11)12(15)4-8-17-9-5-13/h2H,3-10,13H2,1H3. The van der Waals surface area contributed by atoms with Gasteiger partial charge in [-0.2, -0.15) is 0 Å². The van der Waals surface area contributed by atoms with Gasteiger partial charge < -0.3 is 20.1 Å². The van der Waals surface area contributed by atoms with Crippen LogP contribution in [0.2, 0.25) is 0 Å². The molecule has 5 nitrogen and oxygen atoms in total. The minimum absolute atomic E-state index is 0.148. The first-order valence-electron chi connectivity index (χ1n) is 6.00. The van der Waals surface area contributed by atoms with Gasteiger partial charge in [0.1, 0.15) is 0 Å². The summed E-state index contributed by atoms with van der Waals surface area (Å²) in [4.78, 5) is 13.6. The number of hydrogen-bond acceptors (Lipinski definition) is 4. The number of ether oxygens (including phenoxy) is 2. The number of amides is 1. The van der Waals surface area contributed by atoms with Crippen molar-refractivity contribution in [3.8, 4) is 0 Å². The third-order valence-electron chi connectivity index (χ3n) is 2.71. The van der Waals surface area contributed by atoms with E-state index in [-0.39, 0.29) is 5.91 Å². The molecule has 0 aliphatic carbocycles. The Morgan fingerprint density at radius 2 is 2.35 bits per heavy atom. The average molecular weight is 242 g/mol. The van der Waals surface area contributed by atoms with Crippen LogP contribution in [0.15, 0.2) is 11.6 Å². The van der Waals surface area contributed by atoms with Gasteiger partial charge in [-0.05, 0) is 12.0 Å². The fraction of sp³-hybridized carbons (Fsp3) is 0.750. The van der Waals surface area contributed by atoms with Gasteiger partial charge in [0.25, 0.3) is 0 Å². The van der Waals surface area contributed by atoms with Crippen LogP contribution in [0.3, 0.4) is 0 Å². The molecule has 1 rings (SSSR count). The van der Waals surface area contributed by atoms with Crippen molar-refractivity contribution in [1.82, 2.24) is 4.90 Å². The first-order valence-corrected chi connectivity index (χ1v) is 6.00. The Morgan fingerprint density at radius 1 is 1.53 bits per heavy atom. The van der Waals surface area contributed by atoms with Crippen LogP contribution in [0.5, 0.6) is 0 Å². The Kier molecular flexibility index (Phi) is 6.84. The first kappa shape index (κ1) is 14.2. The SMILES string of the molecule is COCC1=CCN(C(=O)CCOCCN)CC1. The molecule has 17 heavy (non-hydrogen) atoms. The summed E-state index contributed by atoms with van der Waals surface area (Å²) in [6, 6.07) is 0. The minimum Gasteiger partial charge on any atom is -0.380 e. The van der Waals surface area contributed by atoms with Crippen molar-refractivity contribution in [2.45, 2.75) is 12.8 Å². The molecule has 0 bridgehead atoms. The van der Waals surface area contributed by atoms with Gasteiger partial charge in [0.05, 0.1) is 26.2 Å². The number of carbonyl (C=O) groups excluding carboxylic acids is 1. The van der Waals surface area contributed by atoms with Gasteiger partial charge in [-0.15, -0.1) is 0 Å². The monoisotopic (exact) mass is 242 g/mol. The Balaban J connectivity index is 2.21. The molecule has 1 amide bonds. The number of hydrogen-bond donors (Lipinski definition) is 1. The van der Waals surface area contributed by atoms with Gasteiger partial charge in [-0.1, -0.05) is 6.08 Å². The number of methoxy groups -OCH3 is 1. The quantitative estimate of drug-likeness (QED) is 0.510. The number of rotatable bonds is 7. The van der Waals surface area contributed by atoms with E-state index in [0.29, 0.717) is 39.3 Å². The fourth-order valence-corrected chi connectivity index (χ4v) is 1.76. The summed E-state index contributed by atoms with van der Waals surface area (Å²) in [7, 11) is 1.69. The van der Waals surface area contributed by atoms with Crippen molar-refractivity contribution < 1.29 is 14.3 Å². The normalized spacial score (nSPS) is 15.9. The molecule has 0 radical (unpaired) electrons. The largest absolute Gasteiger partial charge is 0.380 e. The van der Waals surface area contributed by atoms with Gasteiger partial charge in [0.2, 0.25) is 5.91 Å². The molecule has 98 valence electrons. The van der Waals surface area contributed by atoms with Crippen molar-refractivity contribution in [2.75, 3.05) is 46.6 Å². The van der Waals surface area contributed by atoms with Crippen LogP contribution in [0, 0.1) is 0 Å². The van der Waals surface area contributed by atoms with Crippen molar-refractivity contribution in [3.63, 3.8) is 0 Å². The zero-order chi connectivity index (χ0) is 12.5. The third kappa shape index (κ3) is 5.30. The summed E-state index contributed by atoms with van der Waals surface area (Å²) in [6.07, 6.45) is 3.42. The van der Waals surface area contributed by atoms with E-state index < -0.39 is 0 Å². The fourth-order valence-electron chi connectivity index (χ4n) is 1.76. The lowest BCUT2D eigenvalue weighted by Crippen LogP contribution is -2.35. The lowest BCUT2D eigenvalue weighted by Gasteiger charge is -2.26. The molecule has 2 N–H and O–H groups in total. The molecule has 0 aromatic carbocycles. The van der Waals surface area contributed by atoms with Gasteiger partial charge in [0, 0.05) is 26.7 Å². The summed E-state index contributed by atoms with van der Waals surface area (Å²) < 4.78 is 10.3. The molecular weight excluding hydrogens is 220 g/mol. The zero-order valence-electron chi connectivity index (χ0n) is 10.5. The minimum atomic E-state index is 0.148. The lowest BCUT2D eigenvalue weighted by atomic mass is 10.1. The Bertz CT molecular complexity index is 266. The van der Waals surface area contributed by atoms with E-state index in [2.05, 4.69) is 6.08 Å². The molecule has 0 saturated heterocycles. The highest BCUT2D eigenvalue weighted by Gasteiger charge is 2.16. The van der Waals surface area contributed by atoms with Crippen molar-refractivity contribution in [2.24, 2.45) is 5.73 Å². The van der Waals surface area contributed by atoms with Crippen LogP contribution in [-0.2, 0) is 14.3 Å². The average Bonchev–Trinajstić information content (AvgIpc) is 2.36. The molecule has 0 spiro atoms. The lowest BCUT2D eigenvalue weighted by molar-refractivity contribution is -0.132. The van der Waals surface area contributed by atoms with Gasteiger partial charge in [-0.3, -0.25) is 4.79 Å². The number of nitrogens with two attached hydrogens (primary N) is 1. The second-order valence-electron chi connectivity index (χ2n) is 4.04. The van der Waals surface area contributed by atoms with Crippen LogP contribution in [0.4, 0.5) is 0 Å². The van der Waals surface area contributed by atoms with Gasteiger partial charge >= 0.3 is 0 Å². The molecule has 0 unspecified atom stereocenters. The van der Waals surface area contributed by atoms with Crippen molar-refractivity contribution >= 4 is 5.91 Å². The van der Waals surface area contributed by atoms with Crippen LogP contribution in [0.1, 0.15) is 12.8 Å². The maximum atomic E-state index is 11.8.